The number of hydrogen-bond donors (Lipinski definition) is 1. The van der Waals surface area contributed by atoms with E-state index in [9.17, 15) is 4.79 Å². The van der Waals surface area contributed by atoms with Gasteiger partial charge in [0.2, 0.25) is 0 Å². The first kappa shape index (κ1) is 21.4. The Hall–Kier alpha value is -2.66. The van der Waals surface area contributed by atoms with E-state index in [-0.39, 0.29) is 5.56 Å². The van der Waals surface area contributed by atoms with E-state index in [1.807, 2.05) is 74.4 Å². The number of nitrogens with zero attached hydrogens (tertiary/aromatic N) is 3. The summed E-state index contributed by atoms with van der Waals surface area (Å²) in [7, 11) is 3.85. The number of aromatic nitrogens is 1. The molecule has 1 aromatic rings. The van der Waals surface area contributed by atoms with Gasteiger partial charge in [-0.05, 0) is 25.0 Å². The van der Waals surface area contributed by atoms with Gasteiger partial charge in [0.15, 0.2) is 0 Å². The fourth-order valence-corrected chi connectivity index (χ4v) is 2.45. The van der Waals surface area contributed by atoms with Crippen molar-refractivity contribution >= 4 is 12.0 Å². The van der Waals surface area contributed by atoms with Crippen LogP contribution in [0.2, 0.25) is 0 Å². The zero-order chi connectivity index (χ0) is 19.5. The standard InChI is InChI=1S/C19H24N4O.C2H6/c1-5-7-8-9-10-12-15-13-16-14-20-17(11-6-2)23(22(3)4)18(16)21-19(15)24;1-2/h5,7-11,13-14H,1,6,12H2,2-4H3,(H,21,24);1-2H3/b8-7-,10-9-,17-11-;. The molecule has 0 aliphatic carbocycles. The van der Waals surface area contributed by atoms with Gasteiger partial charge in [-0.25, -0.2) is 15.0 Å². The van der Waals surface area contributed by atoms with E-state index in [0.717, 1.165) is 23.6 Å². The summed E-state index contributed by atoms with van der Waals surface area (Å²) in [5.74, 6) is 1.56. The first-order chi connectivity index (χ1) is 12.6. The summed E-state index contributed by atoms with van der Waals surface area (Å²) in [6.07, 6.45) is 14.6. The van der Waals surface area contributed by atoms with E-state index in [2.05, 4.69) is 23.5 Å². The second-order valence-corrected chi connectivity index (χ2v) is 5.57. The predicted octanol–water partition coefficient (Wildman–Crippen LogP) is 4.21. The van der Waals surface area contributed by atoms with Crippen molar-refractivity contribution in [2.75, 3.05) is 19.1 Å². The number of pyridine rings is 1. The average Bonchev–Trinajstić information content (AvgIpc) is 2.63. The van der Waals surface area contributed by atoms with Gasteiger partial charge >= 0.3 is 0 Å². The Balaban J connectivity index is 0.00000163. The zero-order valence-electron chi connectivity index (χ0n) is 16.5. The summed E-state index contributed by atoms with van der Waals surface area (Å²) >= 11 is 0. The molecular weight excluding hydrogens is 324 g/mol. The van der Waals surface area contributed by atoms with Gasteiger partial charge in [0, 0.05) is 31.4 Å². The lowest BCUT2D eigenvalue weighted by molar-refractivity contribution is 0.393. The van der Waals surface area contributed by atoms with E-state index >= 15 is 0 Å². The van der Waals surface area contributed by atoms with Gasteiger partial charge < -0.3 is 4.98 Å². The topological polar surface area (TPSA) is 51.7 Å². The third kappa shape index (κ3) is 5.43. The van der Waals surface area contributed by atoms with E-state index < -0.39 is 0 Å². The van der Waals surface area contributed by atoms with Crippen LogP contribution >= 0.6 is 0 Å². The first-order valence-electron chi connectivity index (χ1n) is 9.00. The van der Waals surface area contributed by atoms with Crippen LogP contribution in [-0.2, 0) is 6.42 Å². The van der Waals surface area contributed by atoms with Crippen LogP contribution < -0.4 is 10.6 Å². The average molecular weight is 354 g/mol. The molecule has 0 aromatic carbocycles. The van der Waals surface area contributed by atoms with E-state index in [1.165, 1.54) is 0 Å². The number of aromatic amines is 1. The summed E-state index contributed by atoms with van der Waals surface area (Å²) in [6, 6.07) is 1.90. The van der Waals surface area contributed by atoms with Crippen molar-refractivity contribution in [1.29, 1.82) is 0 Å². The minimum atomic E-state index is -0.0795. The smallest absolute Gasteiger partial charge is 0.253 e. The fourth-order valence-electron chi connectivity index (χ4n) is 2.45. The van der Waals surface area contributed by atoms with Crippen LogP contribution in [0.4, 0.5) is 5.82 Å². The Morgan fingerprint density at radius 2 is 2.00 bits per heavy atom. The van der Waals surface area contributed by atoms with Crippen molar-refractivity contribution < 1.29 is 0 Å². The van der Waals surface area contributed by atoms with Crippen molar-refractivity contribution in [1.82, 2.24) is 9.99 Å². The minimum absolute atomic E-state index is 0.0795. The van der Waals surface area contributed by atoms with Gasteiger partial charge in [-0.2, -0.15) is 0 Å². The van der Waals surface area contributed by atoms with Crippen molar-refractivity contribution in [3.63, 3.8) is 0 Å². The molecule has 5 nitrogen and oxygen atoms in total. The van der Waals surface area contributed by atoms with Gasteiger partial charge in [0.25, 0.3) is 5.56 Å². The third-order valence-corrected chi connectivity index (χ3v) is 3.51. The Labute approximate surface area is 156 Å². The molecule has 0 unspecified atom stereocenters. The van der Waals surface area contributed by atoms with Crippen LogP contribution in [0.1, 0.15) is 38.3 Å². The highest BCUT2D eigenvalue weighted by molar-refractivity contribution is 5.90. The Morgan fingerprint density at radius 3 is 2.62 bits per heavy atom. The Kier molecular flexibility index (Phi) is 9.09. The normalized spacial score (nSPS) is 14.8. The van der Waals surface area contributed by atoms with Gasteiger partial charge in [-0.1, -0.05) is 57.7 Å². The highest BCUT2D eigenvalue weighted by Gasteiger charge is 2.22. The molecule has 0 saturated heterocycles. The number of allylic oxidation sites excluding steroid dienone is 6. The lowest BCUT2D eigenvalue weighted by Gasteiger charge is -2.33. The molecular formula is C21H30N4O. The maximum atomic E-state index is 12.4. The van der Waals surface area contributed by atoms with Crippen LogP contribution in [0.25, 0.3) is 0 Å². The highest BCUT2D eigenvalue weighted by Crippen LogP contribution is 2.26. The number of anilines is 1. The zero-order valence-corrected chi connectivity index (χ0v) is 16.5. The summed E-state index contributed by atoms with van der Waals surface area (Å²) in [5, 5.41) is 3.82. The molecule has 1 aromatic heterocycles. The molecule has 2 heterocycles. The lowest BCUT2D eigenvalue weighted by atomic mass is 10.1. The molecule has 0 radical (unpaired) electrons. The summed E-state index contributed by atoms with van der Waals surface area (Å²) < 4.78 is 0. The largest absolute Gasteiger partial charge is 0.307 e. The first-order valence-corrected chi connectivity index (χ1v) is 9.00. The Bertz CT molecular complexity index is 767. The molecule has 5 heteroatoms. The van der Waals surface area contributed by atoms with Crippen molar-refractivity contribution in [3.05, 3.63) is 76.4 Å². The molecule has 0 bridgehead atoms. The van der Waals surface area contributed by atoms with Crippen LogP contribution in [0, 0.1) is 0 Å². The maximum absolute atomic E-state index is 12.4. The molecule has 26 heavy (non-hydrogen) atoms. The van der Waals surface area contributed by atoms with Crippen LogP contribution in [0.3, 0.4) is 0 Å². The molecule has 0 atom stereocenters. The van der Waals surface area contributed by atoms with Crippen LogP contribution in [0.5, 0.6) is 0 Å². The van der Waals surface area contributed by atoms with Gasteiger partial charge in [0.1, 0.15) is 11.6 Å². The third-order valence-electron chi connectivity index (χ3n) is 3.51. The fraction of sp³-hybridized carbons (Fsp3) is 0.333. The monoisotopic (exact) mass is 354 g/mol. The number of aliphatic imine (C=N–C) groups is 1. The second kappa shape index (κ2) is 11.1. The van der Waals surface area contributed by atoms with Crippen molar-refractivity contribution in [3.8, 4) is 0 Å². The summed E-state index contributed by atoms with van der Waals surface area (Å²) in [5.41, 5.74) is 1.54. The second-order valence-electron chi connectivity index (χ2n) is 5.57. The van der Waals surface area contributed by atoms with E-state index in [4.69, 9.17) is 0 Å². The van der Waals surface area contributed by atoms with Gasteiger partial charge in [-0.3, -0.25) is 4.79 Å². The SMILES string of the molecule is C=C/C=C\C=C/Cc1cc2c([nH]c1=O)N(N(C)C)/C(=C\CC)N=C2.CC. The van der Waals surface area contributed by atoms with Crippen molar-refractivity contribution in [2.45, 2.75) is 33.6 Å². The number of H-pyrrole nitrogens is 1. The quantitative estimate of drug-likeness (QED) is 0.779. The molecule has 0 saturated carbocycles. The number of hydrogen-bond acceptors (Lipinski definition) is 4. The van der Waals surface area contributed by atoms with Crippen molar-refractivity contribution in [2.24, 2.45) is 4.99 Å². The van der Waals surface area contributed by atoms with E-state index in [0.29, 0.717) is 12.0 Å². The number of rotatable bonds is 6. The molecule has 2 rings (SSSR count). The molecule has 0 spiro atoms. The molecule has 1 aliphatic heterocycles. The summed E-state index contributed by atoms with van der Waals surface area (Å²) in [4.78, 5) is 19.9. The highest BCUT2D eigenvalue weighted by atomic mass is 16.1. The molecule has 0 fully saturated rings. The molecule has 0 amide bonds. The minimum Gasteiger partial charge on any atom is -0.307 e. The Morgan fingerprint density at radius 1 is 1.27 bits per heavy atom. The number of fused-ring (bicyclic) bond motifs is 1. The predicted molar refractivity (Wildman–Crippen MR) is 113 cm³/mol. The molecule has 1 N–H and O–H groups in total. The lowest BCUT2D eigenvalue weighted by Crippen LogP contribution is -2.40. The van der Waals surface area contributed by atoms with Gasteiger partial charge in [0.05, 0.1) is 0 Å². The van der Waals surface area contributed by atoms with Crippen LogP contribution in [-0.4, -0.2) is 30.3 Å². The van der Waals surface area contributed by atoms with Gasteiger partial charge in [-0.15, -0.1) is 0 Å². The van der Waals surface area contributed by atoms with E-state index in [1.54, 1.807) is 12.3 Å². The molecule has 140 valence electrons. The maximum Gasteiger partial charge on any atom is 0.253 e. The number of hydrazine groups is 1. The molecule has 1 aliphatic rings. The number of nitrogens with one attached hydrogen (secondary N) is 1. The summed E-state index contributed by atoms with van der Waals surface area (Å²) in [6.45, 7) is 9.68. The van der Waals surface area contributed by atoms with Crippen LogP contribution in [0.15, 0.2) is 64.7 Å².